The summed E-state index contributed by atoms with van der Waals surface area (Å²) in [6, 6.07) is 5.75. The zero-order valence-corrected chi connectivity index (χ0v) is 13.3. The number of ether oxygens (including phenoxy) is 3. The van der Waals surface area contributed by atoms with Crippen LogP contribution in [-0.2, 0) is 14.3 Å². The average molecular weight is 338 g/mol. The van der Waals surface area contributed by atoms with Gasteiger partial charge in [-0.2, -0.15) is 0 Å². The predicted octanol–water partition coefficient (Wildman–Crippen LogP) is 0.882. The maximum atomic E-state index is 13.1. The molecule has 8 heteroatoms. The number of hydrogen-bond acceptors (Lipinski definition) is 5. The molecule has 0 aromatic heterocycles. The summed E-state index contributed by atoms with van der Waals surface area (Å²) >= 11 is 0. The minimum atomic E-state index is -0.742. The number of benzene rings is 1. The summed E-state index contributed by atoms with van der Waals surface area (Å²) in [5.41, 5.74) is 0. The van der Waals surface area contributed by atoms with Gasteiger partial charge >= 0.3 is 12.0 Å². The Hall–Kier alpha value is -2.35. The van der Waals surface area contributed by atoms with E-state index in [0.29, 0.717) is 32.0 Å². The molecule has 2 saturated heterocycles. The van der Waals surface area contributed by atoms with Crippen LogP contribution >= 0.6 is 0 Å². The predicted molar refractivity (Wildman–Crippen MR) is 81.1 cm³/mol. The number of carbonyl (C=O) groups is 2. The second-order valence-corrected chi connectivity index (χ2v) is 5.71. The third kappa shape index (κ3) is 3.59. The van der Waals surface area contributed by atoms with Crippen molar-refractivity contribution in [2.75, 3.05) is 39.9 Å². The quantitative estimate of drug-likeness (QED) is 0.766. The fourth-order valence-electron chi connectivity index (χ4n) is 2.70. The van der Waals surface area contributed by atoms with Crippen LogP contribution in [0.3, 0.4) is 0 Å². The van der Waals surface area contributed by atoms with Crippen LogP contribution in [0, 0.1) is 5.82 Å². The van der Waals surface area contributed by atoms with Crippen molar-refractivity contribution in [1.29, 1.82) is 0 Å². The summed E-state index contributed by atoms with van der Waals surface area (Å²) in [4.78, 5) is 27.1. The topological polar surface area (TPSA) is 68.3 Å². The number of morpholine rings is 1. The molecule has 0 N–H and O–H groups in total. The van der Waals surface area contributed by atoms with Crippen molar-refractivity contribution in [2.24, 2.45) is 0 Å². The summed E-state index contributed by atoms with van der Waals surface area (Å²) in [5.74, 6) is -0.394. The summed E-state index contributed by atoms with van der Waals surface area (Å²) < 4.78 is 28.7. The van der Waals surface area contributed by atoms with Gasteiger partial charge in [0.05, 0.1) is 33.4 Å². The molecule has 0 aliphatic carbocycles. The first-order valence-electron chi connectivity index (χ1n) is 7.72. The molecule has 2 amide bonds. The zero-order chi connectivity index (χ0) is 17.1. The Bertz CT molecular complexity index is 620. The van der Waals surface area contributed by atoms with Crippen LogP contribution in [0.1, 0.15) is 0 Å². The number of rotatable bonds is 3. The molecular formula is C16H19FN2O5. The Kier molecular flexibility index (Phi) is 4.84. The first-order chi connectivity index (χ1) is 11.6. The van der Waals surface area contributed by atoms with E-state index in [-0.39, 0.29) is 24.5 Å². The summed E-state index contributed by atoms with van der Waals surface area (Å²) in [5, 5.41) is 0. The second-order valence-electron chi connectivity index (χ2n) is 5.71. The van der Waals surface area contributed by atoms with Gasteiger partial charge in [-0.05, 0) is 12.1 Å². The second kappa shape index (κ2) is 7.04. The highest BCUT2D eigenvalue weighted by Gasteiger charge is 2.38. The van der Waals surface area contributed by atoms with Gasteiger partial charge < -0.3 is 24.0 Å². The maximum Gasteiger partial charge on any atom is 0.336 e. The molecule has 1 aromatic rings. The van der Waals surface area contributed by atoms with E-state index in [1.807, 2.05) is 0 Å². The standard InChI is InChI=1S/C16H19FN2O5/c1-22-15(20)14-10-18(5-6-23-14)16(21)19-8-13(9-19)24-12-4-2-3-11(17)7-12/h2-4,7,13-14H,5-6,8-10H2,1H3. The summed E-state index contributed by atoms with van der Waals surface area (Å²) in [7, 11) is 1.29. The Morgan fingerprint density at radius 1 is 1.25 bits per heavy atom. The van der Waals surface area contributed by atoms with E-state index in [1.54, 1.807) is 21.9 Å². The molecule has 2 aliphatic rings. The number of methoxy groups -OCH3 is 1. The molecule has 24 heavy (non-hydrogen) atoms. The Balaban J connectivity index is 1.48. The lowest BCUT2D eigenvalue weighted by atomic mass is 10.1. The molecule has 2 fully saturated rings. The Morgan fingerprint density at radius 2 is 2.04 bits per heavy atom. The third-order valence-electron chi connectivity index (χ3n) is 4.02. The summed E-state index contributed by atoms with van der Waals surface area (Å²) in [6.45, 7) is 1.75. The van der Waals surface area contributed by atoms with Gasteiger partial charge in [-0.25, -0.2) is 14.0 Å². The van der Waals surface area contributed by atoms with Crippen molar-refractivity contribution in [3.63, 3.8) is 0 Å². The first-order valence-corrected chi connectivity index (χ1v) is 7.72. The van der Waals surface area contributed by atoms with Crippen LogP contribution < -0.4 is 4.74 Å². The number of hydrogen-bond donors (Lipinski definition) is 0. The van der Waals surface area contributed by atoms with Crippen molar-refractivity contribution in [1.82, 2.24) is 9.80 Å². The van der Waals surface area contributed by atoms with Gasteiger partial charge in [0.1, 0.15) is 17.7 Å². The molecule has 0 saturated carbocycles. The number of nitrogens with zero attached hydrogens (tertiary/aromatic N) is 2. The van der Waals surface area contributed by atoms with Crippen LogP contribution in [0.5, 0.6) is 5.75 Å². The van der Waals surface area contributed by atoms with E-state index >= 15 is 0 Å². The number of likely N-dealkylation sites (tertiary alicyclic amines) is 1. The molecule has 0 bridgehead atoms. The molecule has 1 aromatic carbocycles. The number of halogens is 1. The van der Waals surface area contributed by atoms with Gasteiger partial charge in [0.15, 0.2) is 6.10 Å². The Morgan fingerprint density at radius 3 is 2.75 bits per heavy atom. The largest absolute Gasteiger partial charge is 0.487 e. The highest BCUT2D eigenvalue weighted by atomic mass is 19.1. The molecule has 2 aliphatic heterocycles. The number of amides is 2. The first kappa shape index (κ1) is 16.5. The van der Waals surface area contributed by atoms with Gasteiger partial charge in [-0.1, -0.05) is 6.07 Å². The van der Waals surface area contributed by atoms with E-state index in [9.17, 15) is 14.0 Å². The van der Waals surface area contributed by atoms with E-state index in [1.165, 1.54) is 19.2 Å². The van der Waals surface area contributed by atoms with Crippen molar-refractivity contribution in [2.45, 2.75) is 12.2 Å². The lowest BCUT2D eigenvalue weighted by molar-refractivity contribution is -0.158. The van der Waals surface area contributed by atoms with Crippen molar-refractivity contribution in [3.8, 4) is 5.75 Å². The van der Waals surface area contributed by atoms with Crippen LogP contribution in [0.25, 0.3) is 0 Å². The van der Waals surface area contributed by atoms with Gasteiger partial charge in [-0.3, -0.25) is 0 Å². The molecule has 130 valence electrons. The van der Waals surface area contributed by atoms with Crippen LogP contribution in [0.4, 0.5) is 9.18 Å². The summed E-state index contributed by atoms with van der Waals surface area (Å²) in [6.07, 6.45) is -0.901. The SMILES string of the molecule is COC(=O)C1CN(C(=O)N2CC(Oc3cccc(F)c3)C2)CCO1. The lowest BCUT2D eigenvalue weighted by Crippen LogP contribution is -2.62. The molecule has 3 rings (SSSR count). The minimum Gasteiger partial charge on any atom is -0.487 e. The molecule has 2 heterocycles. The molecule has 7 nitrogen and oxygen atoms in total. The normalized spacial score (nSPS) is 21.2. The van der Waals surface area contributed by atoms with Gasteiger partial charge in [0, 0.05) is 12.6 Å². The number of urea groups is 1. The van der Waals surface area contributed by atoms with E-state index in [0.717, 1.165) is 0 Å². The molecule has 1 atom stereocenters. The number of carbonyl (C=O) groups excluding carboxylic acids is 2. The highest BCUT2D eigenvalue weighted by molar-refractivity contribution is 5.79. The molecule has 1 unspecified atom stereocenters. The van der Waals surface area contributed by atoms with Gasteiger partial charge in [0.2, 0.25) is 0 Å². The maximum absolute atomic E-state index is 13.1. The van der Waals surface area contributed by atoms with Crippen LogP contribution in [-0.4, -0.2) is 73.9 Å². The fraction of sp³-hybridized carbons (Fsp3) is 0.500. The third-order valence-corrected chi connectivity index (χ3v) is 4.02. The Labute approximate surface area is 138 Å². The monoisotopic (exact) mass is 338 g/mol. The van der Waals surface area contributed by atoms with Crippen molar-refractivity contribution in [3.05, 3.63) is 30.1 Å². The van der Waals surface area contributed by atoms with E-state index in [4.69, 9.17) is 9.47 Å². The molecular weight excluding hydrogens is 319 g/mol. The van der Waals surface area contributed by atoms with E-state index in [2.05, 4.69) is 4.74 Å². The zero-order valence-electron chi connectivity index (χ0n) is 13.3. The molecule has 0 spiro atoms. The average Bonchev–Trinajstić information content (AvgIpc) is 2.56. The van der Waals surface area contributed by atoms with Crippen molar-refractivity contribution < 1.29 is 28.2 Å². The minimum absolute atomic E-state index is 0.159. The number of esters is 1. The molecule has 0 radical (unpaired) electrons. The van der Waals surface area contributed by atoms with Crippen LogP contribution in [0.2, 0.25) is 0 Å². The van der Waals surface area contributed by atoms with Crippen molar-refractivity contribution >= 4 is 12.0 Å². The van der Waals surface area contributed by atoms with Crippen LogP contribution in [0.15, 0.2) is 24.3 Å². The smallest absolute Gasteiger partial charge is 0.336 e. The van der Waals surface area contributed by atoms with Gasteiger partial charge in [0.25, 0.3) is 0 Å². The fourth-order valence-corrected chi connectivity index (χ4v) is 2.70. The lowest BCUT2D eigenvalue weighted by Gasteiger charge is -2.43. The van der Waals surface area contributed by atoms with Gasteiger partial charge in [-0.15, -0.1) is 0 Å². The van der Waals surface area contributed by atoms with E-state index < -0.39 is 12.1 Å². The highest BCUT2D eigenvalue weighted by Crippen LogP contribution is 2.20.